The van der Waals surface area contributed by atoms with E-state index >= 15 is 0 Å². The summed E-state index contributed by atoms with van der Waals surface area (Å²) >= 11 is 5.94. The van der Waals surface area contributed by atoms with Crippen molar-refractivity contribution < 1.29 is 5.11 Å². The van der Waals surface area contributed by atoms with Crippen LogP contribution in [-0.2, 0) is 6.61 Å². The Morgan fingerprint density at radius 3 is 2.65 bits per heavy atom. The molecule has 1 aliphatic rings. The Bertz CT molecular complexity index is 396. The average Bonchev–Trinajstić information content (AvgIpc) is 2.30. The number of piperidine rings is 1. The van der Waals surface area contributed by atoms with Crippen LogP contribution in [0.2, 0.25) is 5.02 Å². The molecule has 1 N–H and O–H groups in total. The number of aliphatic hydroxyl groups is 1. The number of anilines is 1. The molecule has 4 heteroatoms. The van der Waals surface area contributed by atoms with Gasteiger partial charge in [-0.1, -0.05) is 25.4 Å². The van der Waals surface area contributed by atoms with E-state index in [2.05, 4.69) is 23.7 Å². The third kappa shape index (κ3) is 2.90. The monoisotopic (exact) mass is 254 g/mol. The molecule has 17 heavy (non-hydrogen) atoms. The Balaban J connectivity index is 2.13. The third-order valence-electron chi connectivity index (χ3n) is 3.53. The van der Waals surface area contributed by atoms with E-state index in [0.717, 1.165) is 24.5 Å². The maximum Gasteiger partial charge on any atom is 0.128 e. The van der Waals surface area contributed by atoms with Gasteiger partial charge in [-0.15, -0.1) is 0 Å². The summed E-state index contributed by atoms with van der Waals surface area (Å²) in [6.45, 7) is 6.62. The molecule has 1 fully saturated rings. The molecule has 0 amide bonds. The van der Waals surface area contributed by atoms with E-state index in [-0.39, 0.29) is 6.61 Å². The summed E-state index contributed by atoms with van der Waals surface area (Å²) in [5, 5.41) is 9.73. The second-order valence-electron chi connectivity index (χ2n) is 5.44. The molecule has 0 saturated carbocycles. The number of hydrogen-bond acceptors (Lipinski definition) is 3. The molecule has 94 valence electrons. The van der Waals surface area contributed by atoms with Gasteiger partial charge >= 0.3 is 0 Å². The highest BCUT2D eigenvalue weighted by atomic mass is 35.5. The van der Waals surface area contributed by atoms with Crippen LogP contribution in [0.25, 0.3) is 0 Å². The number of aromatic nitrogens is 1. The van der Waals surface area contributed by atoms with Crippen molar-refractivity contribution in [1.82, 2.24) is 4.98 Å². The smallest absolute Gasteiger partial charge is 0.128 e. The van der Waals surface area contributed by atoms with Crippen molar-refractivity contribution >= 4 is 17.4 Å². The number of aliphatic hydroxyl groups excluding tert-OH is 1. The molecule has 0 spiro atoms. The Morgan fingerprint density at radius 2 is 2.06 bits per heavy atom. The fourth-order valence-electron chi connectivity index (χ4n) is 2.10. The van der Waals surface area contributed by atoms with E-state index in [1.54, 1.807) is 6.20 Å². The molecule has 2 heterocycles. The van der Waals surface area contributed by atoms with E-state index in [9.17, 15) is 5.11 Å². The van der Waals surface area contributed by atoms with Crippen LogP contribution in [0.15, 0.2) is 12.3 Å². The van der Waals surface area contributed by atoms with Crippen LogP contribution in [0, 0.1) is 5.41 Å². The van der Waals surface area contributed by atoms with Crippen molar-refractivity contribution in [2.45, 2.75) is 33.3 Å². The highest BCUT2D eigenvalue weighted by Crippen LogP contribution is 2.32. The molecule has 0 radical (unpaired) electrons. The van der Waals surface area contributed by atoms with Crippen LogP contribution in [0.3, 0.4) is 0 Å². The largest absolute Gasteiger partial charge is 0.392 e. The van der Waals surface area contributed by atoms with Crippen LogP contribution in [-0.4, -0.2) is 23.2 Å². The standard InChI is InChI=1S/C13H19ClN2O/c1-13(2)3-5-16(6-4-13)12-7-10(9-17)11(14)8-15-12/h7-8,17H,3-6,9H2,1-2H3. The molecule has 0 aromatic carbocycles. The van der Waals surface area contributed by atoms with Crippen molar-refractivity contribution in [3.05, 3.63) is 22.8 Å². The molecule has 0 bridgehead atoms. The Hall–Kier alpha value is -0.800. The van der Waals surface area contributed by atoms with Crippen molar-refractivity contribution in [2.24, 2.45) is 5.41 Å². The van der Waals surface area contributed by atoms with Crippen molar-refractivity contribution in [2.75, 3.05) is 18.0 Å². The van der Waals surface area contributed by atoms with Gasteiger partial charge in [-0.25, -0.2) is 4.98 Å². The Kier molecular flexibility index (Phi) is 3.59. The molecule has 0 atom stereocenters. The summed E-state index contributed by atoms with van der Waals surface area (Å²) in [7, 11) is 0. The fraction of sp³-hybridized carbons (Fsp3) is 0.615. The Labute approximate surface area is 107 Å². The molecule has 1 aromatic heterocycles. The number of pyridine rings is 1. The molecular weight excluding hydrogens is 236 g/mol. The molecule has 1 aromatic rings. The molecule has 3 nitrogen and oxygen atoms in total. The van der Waals surface area contributed by atoms with Crippen LogP contribution < -0.4 is 4.90 Å². The first-order chi connectivity index (χ1) is 8.02. The lowest BCUT2D eigenvalue weighted by molar-refractivity contribution is 0.277. The van der Waals surface area contributed by atoms with Gasteiger partial charge in [0.1, 0.15) is 5.82 Å². The lowest BCUT2D eigenvalue weighted by Gasteiger charge is -2.37. The lowest BCUT2D eigenvalue weighted by Crippen LogP contribution is -2.37. The maximum absolute atomic E-state index is 9.19. The normalized spacial score (nSPS) is 19.4. The second-order valence-corrected chi connectivity index (χ2v) is 5.85. The predicted molar refractivity (Wildman–Crippen MR) is 70.4 cm³/mol. The van der Waals surface area contributed by atoms with Crippen LogP contribution in [0.4, 0.5) is 5.82 Å². The zero-order valence-corrected chi connectivity index (χ0v) is 11.2. The van der Waals surface area contributed by atoms with Crippen LogP contribution in [0.1, 0.15) is 32.3 Å². The lowest BCUT2D eigenvalue weighted by atomic mass is 9.83. The molecule has 1 aliphatic heterocycles. The summed E-state index contributed by atoms with van der Waals surface area (Å²) in [6.07, 6.45) is 3.97. The zero-order valence-electron chi connectivity index (χ0n) is 10.4. The second kappa shape index (κ2) is 4.83. The van der Waals surface area contributed by atoms with Crippen LogP contribution >= 0.6 is 11.6 Å². The molecule has 0 aliphatic carbocycles. The predicted octanol–water partition coefficient (Wildman–Crippen LogP) is 2.85. The third-order valence-corrected chi connectivity index (χ3v) is 3.87. The Morgan fingerprint density at radius 1 is 1.41 bits per heavy atom. The van der Waals surface area contributed by atoms with Crippen molar-refractivity contribution in [3.63, 3.8) is 0 Å². The molecule has 1 saturated heterocycles. The minimum Gasteiger partial charge on any atom is -0.392 e. The van der Waals surface area contributed by atoms with E-state index < -0.39 is 0 Å². The van der Waals surface area contributed by atoms with Gasteiger partial charge in [0.2, 0.25) is 0 Å². The van der Waals surface area contributed by atoms with E-state index in [1.165, 1.54) is 12.8 Å². The minimum absolute atomic E-state index is 0.0340. The van der Waals surface area contributed by atoms with Gasteiger partial charge in [-0.2, -0.15) is 0 Å². The summed E-state index contributed by atoms with van der Waals surface area (Å²) in [5.74, 6) is 0.925. The first kappa shape index (κ1) is 12.7. The summed E-state index contributed by atoms with van der Waals surface area (Å²) in [6, 6.07) is 1.89. The highest BCUT2D eigenvalue weighted by Gasteiger charge is 2.26. The van der Waals surface area contributed by atoms with Gasteiger partial charge < -0.3 is 10.0 Å². The summed E-state index contributed by atoms with van der Waals surface area (Å²) < 4.78 is 0. The van der Waals surface area contributed by atoms with Crippen LogP contribution in [0.5, 0.6) is 0 Å². The van der Waals surface area contributed by atoms with Gasteiger partial charge in [0.05, 0.1) is 11.6 Å². The zero-order chi connectivity index (χ0) is 12.5. The van der Waals surface area contributed by atoms with E-state index in [0.29, 0.717) is 10.4 Å². The number of rotatable bonds is 2. The molecular formula is C13H19ClN2O. The average molecular weight is 255 g/mol. The number of halogens is 1. The van der Waals surface area contributed by atoms with Gasteiger partial charge in [0, 0.05) is 24.8 Å². The summed E-state index contributed by atoms with van der Waals surface area (Å²) in [4.78, 5) is 6.61. The fourth-order valence-corrected chi connectivity index (χ4v) is 2.27. The van der Waals surface area contributed by atoms with Crippen molar-refractivity contribution in [3.8, 4) is 0 Å². The molecule has 0 unspecified atom stereocenters. The van der Waals surface area contributed by atoms with E-state index in [4.69, 9.17) is 11.6 Å². The maximum atomic E-state index is 9.19. The highest BCUT2D eigenvalue weighted by molar-refractivity contribution is 6.31. The quantitative estimate of drug-likeness (QED) is 0.882. The minimum atomic E-state index is -0.0340. The first-order valence-corrected chi connectivity index (χ1v) is 6.40. The van der Waals surface area contributed by atoms with Gasteiger partial charge in [-0.05, 0) is 24.3 Å². The van der Waals surface area contributed by atoms with E-state index in [1.807, 2.05) is 6.07 Å². The van der Waals surface area contributed by atoms with Gasteiger partial charge in [0.25, 0.3) is 0 Å². The van der Waals surface area contributed by atoms with Crippen molar-refractivity contribution in [1.29, 1.82) is 0 Å². The number of nitrogens with zero attached hydrogens (tertiary/aromatic N) is 2. The topological polar surface area (TPSA) is 36.4 Å². The summed E-state index contributed by atoms with van der Waals surface area (Å²) in [5.41, 5.74) is 1.18. The number of hydrogen-bond donors (Lipinski definition) is 1. The molecule has 2 rings (SSSR count). The van der Waals surface area contributed by atoms with Gasteiger partial charge in [0.15, 0.2) is 0 Å². The first-order valence-electron chi connectivity index (χ1n) is 6.02. The SMILES string of the molecule is CC1(C)CCN(c2cc(CO)c(Cl)cn2)CC1. The van der Waals surface area contributed by atoms with Gasteiger partial charge in [-0.3, -0.25) is 0 Å².